The highest BCUT2D eigenvalue weighted by Gasteiger charge is 2.49. The molecule has 1 atom stereocenters. The molecule has 28 heavy (non-hydrogen) atoms. The van der Waals surface area contributed by atoms with E-state index in [1.165, 1.54) is 16.0 Å². The van der Waals surface area contributed by atoms with Crippen molar-refractivity contribution in [3.8, 4) is 0 Å². The SMILES string of the molecule is CC1(c2ccc3c(c2)CCC3)NC(=O)N(Cc2cnc3ccccc3c2)C1=O. The summed E-state index contributed by atoms with van der Waals surface area (Å²) in [6, 6.07) is 15.6. The number of hydrogen-bond donors (Lipinski definition) is 1. The summed E-state index contributed by atoms with van der Waals surface area (Å²) in [7, 11) is 0. The van der Waals surface area contributed by atoms with E-state index >= 15 is 0 Å². The Kier molecular flexibility index (Phi) is 3.72. The van der Waals surface area contributed by atoms with Gasteiger partial charge in [-0.3, -0.25) is 14.7 Å². The maximum absolute atomic E-state index is 13.2. The van der Waals surface area contributed by atoms with Gasteiger partial charge in [0.1, 0.15) is 5.54 Å². The Morgan fingerprint density at radius 2 is 1.89 bits per heavy atom. The summed E-state index contributed by atoms with van der Waals surface area (Å²) in [5.41, 5.74) is 4.19. The van der Waals surface area contributed by atoms with Gasteiger partial charge in [0, 0.05) is 11.6 Å². The van der Waals surface area contributed by atoms with E-state index in [2.05, 4.69) is 22.4 Å². The van der Waals surface area contributed by atoms with Crippen molar-refractivity contribution in [3.05, 3.63) is 77.0 Å². The van der Waals surface area contributed by atoms with E-state index in [9.17, 15) is 9.59 Å². The van der Waals surface area contributed by atoms with Crippen LogP contribution in [-0.4, -0.2) is 21.8 Å². The third kappa shape index (κ3) is 2.58. The molecule has 3 aromatic rings. The van der Waals surface area contributed by atoms with Crippen LogP contribution in [0.5, 0.6) is 0 Å². The van der Waals surface area contributed by atoms with Gasteiger partial charge in [0.2, 0.25) is 0 Å². The molecular weight excluding hydrogens is 350 g/mol. The van der Waals surface area contributed by atoms with Crippen molar-refractivity contribution in [2.75, 3.05) is 0 Å². The minimum Gasteiger partial charge on any atom is -0.319 e. The normalized spacial score (nSPS) is 21.2. The molecule has 5 rings (SSSR count). The second-order valence-corrected chi connectivity index (χ2v) is 7.82. The second-order valence-electron chi connectivity index (χ2n) is 7.82. The highest BCUT2D eigenvalue weighted by atomic mass is 16.2. The van der Waals surface area contributed by atoms with Gasteiger partial charge in [-0.05, 0) is 60.6 Å². The van der Waals surface area contributed by atoms with E-state index in [1.54, 1.807) is 13.1 Å². The molecule has 1 aromatic heterocycles. The van der Waals surface area contributed by atoms with Crippen LogP contribution in [0.1, 0.15) is 35.6 Å². The van der Waals surface area contributed by atoms with E-state index < -0.39 is 5.54 Å². The molecule has 2 aliphatic rings. The molecule has 2 aromatic carbocycles. The average Bonchev–Trinajstić information content (AvgIpc) is 3.26. The number of nitrogens with zero attached hydrogens (tertiary/aromatic N) is 2. The highest BCUT2D eigenvalue weighted by molar-refractivity contribution is 6.07. The predicted molar refractivity (Wildman–Crippen MR) is 107 cm³/mol. The fraction of sp³-hybridized carbons (Fsp3) is 0.261. The first-order valence-electron chi connectivity index (χ1n) is 9.65. The minimum atomic E-state index is -1.03. The predicted octanol–water partition coefficient (Wildman–Crippen LogP) is 3.69. The molecule has 1 saturated heterocycles. The number of fused-ring (bicyclic) bond motifs is 2. The molecule has 1 unspecified atom stereocenters. The first-order valence-corrected chi connectivity index (χ1v) is 9.65. The lowest BCUT2D eigenvalue weighted by Gasteiger charge is -2.23. The number of rotatable bonds is 3. The zero-order valence-corrected chi connectivity index (χ0v) is 15.7. The molecule has 1 aliphatic carbocycles. The summed E-state index contributed by atoms with van der Waals surface area (Å²) >= 11 is 0. The van der Waals surface area contributed by atoms with Crippen LogP contribution in [0.2, 0.25) is 0 Å². The van der Waals surface area contributed by atoms with Crippen molar-refractivity contribution in [2.45, 2.75) is 38.3 Å². The smallest absolute Gasteiger partial charge is 0.319 e. The maximum Gasteiger partial charge on any atom is 0.325 e. The topological polar surface area (TPSA) is 62.3 Å². The number of urea groups is 1. The summed E-state index contributed by atoms with van der Waals surface area (Å²) in [6.07, 6.45) is 5.01. The zero-order chi connectivity index (χ0) is 19.3. The Bertz CT molecular complexity index is 1120. The Labute approximate surface area is 163 Å². The van der Waals surface area contributed by atoms with Crippen LogP contribution >= 0.6 is 0 Å². The quantitative estimate of drug-likeness (QED) is 0.714. The van der Waals surface area contributed by atoms with Gasteiger partial charge in [-0.15, -0.1) is 0 Å². The second kappa shape index (κ2) is 6.16. The lowest BCUT2D eigenvalue weighted by atomic mass is 9.89. The van der Waals surface area contributed by atoms with Gasteiger partial charge in [0.15, 0.2) is 0 Å². The molecule has 1 N–H and O–H groups in total. The molecule has 3 amide bonds. The van der Waals surface area contributed by atoms with E-state index in [-0.39, 0.29) is 18.5 Å². The largest absolute Gasteiger partial charge is 0.325 e. The Morgan fingerprint density at radius 1 is 1.07 bits per heavy atom. The lowest BCUT2D eigenvalue weighted by Crippen LogP contribution is -2.40. The number of aryl methyl sites for hydroxylation is 2. The molecule has 140 valence electrons. The number of amides is 3. The third-order valence-electron chi connectivity index (χ3n) is 5.94. The number of aromatic nitrogens is 1. The Hall–Kier alpha value is -3.21. The van der Waals surface area contributed by atoms with Crippen molar-refractivity contribution >= 4 is 22.8 Å². The summed E-state index contributed by atoms with van der Waals surface area (Å²) in [5.74, 6) is -0.219. The summed E-state index contributed by atoms with van der Waals surface area (Å²) < 4.78 is 0. The summed E-state index contributed by atoms with van der Waals surface area (Å²) in [6.45, 7) is 2.01. The van der Waals surface area contributed by atoms with Gasteiger partial charge >= 0.3 is 6.03 Å². The van der Waals surface area contributed by atoms with Gasteiger partial charge in [-0.2, -0.15) is 0 Å². The minimum absolute atomic E-state index is 0.211. The number of pyridine rings is 1. The number of imide groups is 1. The number of para-hydroxylation sites is 1. The maximum atomic E-state index is 13.2. The van der Waals surface area contributed by atoms with Crippen molar-refractivity contribution in [1.29, 1.82) is 0 Å². The summed E-state index contributed by atoms with van der Waals surface area (Å²) in [4.78, 5) is 31.6. The molecule has 1 fully saturated rings. The highest BCUT2D eigenvalue weighted by Crippen LogP contribution is 2.33. The molecule has 5 heteroatoms. The van der Waals surface area contributed by atoms with Gasteiger partial charge in [0.05, 0.1) is 12.1 Å². The summed E-state index contributed by atoms with van der Waals surface area (Å²) in [5, 5.41) is 3.91. The van der Waals surface area contributed by atoms with E-state index in [0.29, 0.717) is 0 Å². The van der Waals surface area contributed by atoms with Gasteiger partial charge < -0.3 is 5.32 Å². The van der Waals surface area contributed by atoms with Gasteiger partial charge in [-0.25, -0.2) is 4.79 Å². The Balaban J connectivity index is 1.45. The third-order valence-corrected chi connectivity index (χ3v) is 5.94. The standard InChI is InChI=1S/C23H21N3O2/c1-23(19-10-9-16-6-4-7-17(16)12-19)21(27)26(22(28)25-23)14-15-11-18-5-2-3-8-20(18)24-13-15/h2-3,5,8-13H,4,6-7,14H2,1H3,(H,25,28). The van der Waals surface area contributed by atoms with Crippen LogP contribution in [0.3, 0.4) is 0 Å². The first-order chi connectivity index (χ1) is 13.5. The molecule has 0 saturated carbocycles. The Morgan fingerprint density at radius 3 is 2.79 bits per heavy atom. The number of carbonyl (C=O) groups excluding carboxylic acids is 2. The number of benzene rings is 2. The van der Waals surface area contributed by atoms with Crippen molar-refractivity contribution in [3.63, 3.8) is 0 Å². The fourth-order valence-electron chi connectivity index (χ4n) is 4.30. The molecule has 0 spiro atoms. The number of nitrogens with one attached hydrogen (secondary N) is 1. The van der Waals surface area contributed by atoms with Crippen molar-refractivity contribution in [1.82, 2.24) is 15.2 Å². The lowest BCUT2D eigenvalue weighted by molar-refractivity contribution is -0.131. The van der Waals surface area contributed by atoms with Gasteiger partial charge in [0.25, 0.3) is 5.91 Å². The van der Waals surface area contributed by atoms with E-state index in [1.807, 2.05) is 36.4 Å². The van der Waals surface area contributed by atoms with Crippen LogP contribution in [0, 0.1) is 0 Å². The monoisotopic (exact) mass is 371 g/mol. The molecule has 2 heterocycles. The van der Waals surface area contributed by atoms with E-state index in [0.717, 1.165) is 41.3 Å². The molecule has 0 bridgehead atoms. The van der Waals surface area contributed by atoms with Crippen LogP contribution in [0.15, 0.2) is 54.7 Å². The average molecular weight is 371 g/mol. The number of carbonyl (C=O) groups is 2. The molecule has 5 nitrogen and oxygen atoms in total. The van der Waals surface area contributed by atoms with Crippen LogP contribution < -0.4 is 5.32 Å². The number of hydrogen-bond acceptors (Lipinski definition) is 3. The molecule has 1 aliphatic heterocycles. The fourth-order valence-corrected chi connectivity index (χ4v) is 4.30. The van der Waals surface area contributed by atoms with E-state index in [4.69, 9.17) is 0 Å². The van der Waals surface area contributed by atoms with Crippen LogP contribution in [-0.2, 0) is 29.7 Å². The van der Waals surface area contributed by atoms with Gasteiger partial charge in [-0.1, -0.05) is 36.4 Å². The molecular formula is C23H21N3O2. The van der Waals surface area contributed by atoms with Crippen LogP contribution in [0.4, 0.5) is 4.79 Å². The molecule has 0 radical (unpaired) electrons. The van der Waals surface area contributed by atoms with Crippen molar-refractivity contribution < 1.29 is 9.59 Å². The zero-order valence-electron chi connectivity index (χ0n) is 15.7. The first kappa shape index (κ1) is 16.9. The van der Waals surface area contributed by atoms with Crippen LogP contribution in [0.25, 0.3) is 10.9 Å². The van der Waals surface area contributed by atoms with Crippen molar-refractivity contribution in [2.24, 2.45) is 0 Å².